The van der Waals surface area contributed by atoms with Crippen molar-refractivity contribution in [1.29, 1.82) is 0 Å². The van der Waals surface area contributed by atoms with Crippen molar-refractivity contribution in [3.63, 3.8) is 0 Å². The monoisotopic (exact) mass is 436 g/mol. The normalized spacial score (nSPS) is 11.2. The lowest BCUT2D eigenvalue weighted by molar-refractivity contribution is -0.131. The minimum atomic E-state index is -0.813. The van der Waals surface area contributed by atoms with E-state index in [1.807, 2.05) is 12.1 Å². The van der Waals surface area contributed by atoms with Crippen LogP contribution in [-0.2, 0) is 16.1 Å². The Morgan fingerprint density at radius 1 is 1.16 bits per heavy atom. The van der Waals surface area contributed by atoms with Crippen molar-refractivity contribution in [2.75, 3.05) is 18.9 Å². The first-order chi connectivity index (χ1) is 15.2. The van der Waals surface area contributed by atoms with E-state index in [4.69, 9.17) is 15.2 Å². The highest BCUT2D eigenvalue weighted by Gasteiger charge is 2.29. The number of carbonyl (C=O) groups is 2. The fourth-order valence-electron chi connectivity index (χ4n) is 3.27. The number of benzene rings is 1. The van der Waals surface area contributed by atoms with Gasteiger partial charge in [-0.05, 0) is 57.5 Å². The van der Waals surface area contributed by atoms with E-state index in [-0.39, 0.29) is 30.4 Å². The van der Waals surface area contributed by atoms with Crippen LogP contribution < -0.4 is 15.8 Å². The number of aryl methyl sites for hydroxylation is 1. The van der Waals surface area contributed by atoms with Gasteiger partial charge in [-0.2, -0.15) is 0 Å². The molecule has 32 heavy (non-hydrogen) atoms. The van der Waals surface area contributed by atoms with Crippen LogP contribution in [0.25, 0.3) is 10.9 Å². The number of nitrogens with zero attached hydrogens (tertiary/aromatic N) is 2. The van der Waals surface area contributed by atoms with Crippen LogP contribution in [0.1, 0.15) is 42.4 Å². The summed E-state index contributed by atoms with van der Waals surface area (Å²) >= 11 is 0. The van der Waals surface area contributed by atoms with Gasteiger partial charge in [0.2, 0.25) is 5.91 Å². The molecule has 0 radical (unpaired) electrons. The lowest BCUT2D eigenvalue weighted by atomic mass is 9.93. The Hall–Kier alpha value is -3.68. The average molecular weight is 437 g/mol. The van der Waals surface area contributed by atoms with Crippen molar-refractivity contribution < 1.29 is 19.1 Å². The zero-order valence-corrected chi connectivity index (χ0v) is 18.8. The third kappa shape index (κ3) is 4.96. The smallest absolute Gasteiger partial charge is 0.342 e. The van der Waals surface area contributed by atoms with Gasteiger partial charge in [0, 0.05) is 18.9 Å². The van der Waals surface area contributed by atoms with E-state index in [1.54, 1.807) is 58.3 Å². The van der Waals surface area contributed by atoms with Gasteiger partial charge in [-0.25, -0.2) is 4.79 Å². The quantitative estimate of drug-likeness (QED) is 0.520. The summed E-state index contributed by atoms with van der Waals surface area (Å²) in [5.41, 5.74) is 8.07. The minimum Gasteiger partial charge on any atom is -0.492 e. The summed E-state index contributed by atoms with van der Waals surface area (Å²) in [5, 5.41) is 3.45. The molecule has 3 rings (SSSR count). The second-order valence-corrected chi connectivity index (χ2v) is 8.07. The Balaban J connectivity index is 1.81. The number of fused-ring (bicyclic) bond motifs is 1. The molecule has 2 aromatic heterocycles. The highest BCUT2D eigenvalue weighted by Crippen LogP contribution is 2.34. The Morgan fingerprint density at radius 2 is 1.88 bits per heavy atom. The maximum atomic E-state index is 12.7. The van der Waals surface area contributed by atoms with Gasteiger partial charge in [-0.1, -0.05) is 6.07 Å². The summed E-state index contributed by atoms with van der Waals surface area (Å²) in [4.78, 5) is 33.6. The third-order valence-corrected chi connectivity index (χ3v) is 5.08. The predicted molar refractivity (Wildman–Crippen MR) is 122 cm³/mol. The second kappa shape index (κ2) is 9.64. The molecule has 2 heterocycles. The van der Waals surface area contributed by atoms with Crippen molar-refractivity contribution in [2.24, 2.45) is 5.41 Å². The van der Waals surface area contributed by atoms with E-state index in [2.05, 4.69) is 15.3 Å². The number of nitrogens with two attached hydrogens (primary N) is 1. The Bertz CT molecular complexity index is 1130. The number of rotatable bonds is 8. The fourth-order valence-corrected chi connectivity index (χ4v) is 3.27. The SMILES string of the molecule is CCOC(=O)c1c(C)nc2cccc(OCC(C)(C)C(=O)NCc3ccncc3)c2c1N. The van der Waals surface area contributed by atoms with Gasteiger partial charge >= 0.3 is 5.97 Å². The Morgan fingerprint density at radius 3 is 2.56 bits per heavy atom. The highest BCUT2D eigenvalue weighted by molar-refractivity contribution is 6.07. The number of aromatic nitrogens is 2. The summed E-state index contributed by atoms with van der Waals surface area (Å²) in [6.45, 7) is 7.79. The van der Waals surface area contributed by atoms with Crippen LogP contribution in [0.3, 0.4) is 0 Å². The molecule has 3 aromatic rings. The first kappa shape index (κ1) is 23.0. The molecule has 0 aliphatic heterocycles. The number of carbonyl (C=O) groups excluding carboxylic acids is 2. The number of ether oxygens (including phenoxy) is 2. The van der Waals surface area contributed by atoms with E-state index in [1.165, 1.54) is 0 Å². The zero-order valence-electron chi connectivity index (χ0n) is 18.8. The molecule has 0 aliphatic rings. The molecule has 3 N–H and O–H groups in total. The van der Waals surface area contributed by atoms with Gasteiger partial charge in [-0.3, -0.25) is 14.8 Å². The van der Waals surface area contributed by atoms with E-state index >= 15 is 0 Å². The molecule has 0 bridgehead atoms. The number of nitrogen functional groups attached to an aromatic ring is 1. The first-order valence-electron chi connectivity index (χ1n) is 10.4. The number of anilines is 1. The van der Waals surface area contributed by atoms with Crippen LogP contribution in [-0.4, -0.2) is 35.1 Å². The van der Waals surface area contributed by atoms with E-state index in [9.17, 15) is 9.59 Å². The summed E-state index contributed by atoms with van der Waals surface area (Å²) in [6, 6.07) is 9.03. The van der Waals surface area contributed by atoms with Crippen molar-refractivity contribution in [3.8, 4) is 5.75 Å². The number of esters is 1. The molecule has 0 atom stereocenters. The summed E-state index contributed by atoms with van der Waals surface area (Å²) < 4.78 is 11.2. The van der Waals surface area contributed by atoms with Crippen molar-refractivity contribution in [3.05, 3.63) is 59.5 Å². The third-order valence-electron chi connectivity index (χ3n) is 5.08. The van der Waals surface area contributed by atoms with Gasteiger partial charge in [0.25, 0.3) is 0 Å². The van der Waals surface area contributed by atoms with Crippen molar-refractivity contribution in [1.82, 2.24) is 15.3 Å². The molecule has 0 spiro atoms. The Labute approximate surface area is 187 Å². The van der Waals surface area contributed by atoms with E-state index in [0.29, 0.717) is 28.9 Å². The van der Waals surface area contributed by atoms with Crippen LogP contribution in [0.15, 0.2) is 42.7 Å². The van der Waals surface area contributed by atoms with Crippen molar-refractivity contribution in [2.45, 2.75) is 34.2 Å². The molecule has 1 aromatic carbocycles. The fraction of sp³-hybridized carbons (Fsp3) is 0.333. The highest BCUT2D eigenvalue weighted by atomic mass is 16.5. The molecular weight excluding hydrogens is 408 g/mol. The predicted octanol–water partition coefficient (Wildman–Crippen LogP) is 3.42. The molecule has 8 heteroatoms. The van der Waals surface area contributed by atoms with E-state index < -0.39 is 11.4 Å². The van der Waals surface area contributed by atoms with Gasteiger partial charge in [0.1, 0.15) is 17.9 Å². The summed E-state index contributed by atoms with van der Waals surface area (Å²) in [5.74, 6) is -0.223. The topological polar surface area (TPSA) is 116 Å². The maximum Gasteiger partial charge on any atom is 0.342 e. The van der Waals surface area contributed by atoms with Gasteiger partial charge in [0.05, 0.1) is 34.3 Å². The molecule has 0 saturated carbocycles. The summed E-state index contributed by atoms with van der Waals surface area (Å²) in [6.07, 6.45) is 3.36. The number of amides is 1. The van der Waals surface area contributed by atoms with Crippen LogP contribution >= 0.6 is 0 Å². The van der Waals surface area contributed by atoms with Gasteiger partial charge < -0.3 is 20.5 Å². The number of hydrogen-bond donors (Lipinski definition) is 2. The lowest BCUT2D eigenvalue weighted by Gasteiger charge is -2.24. The maximum absolute atomic E-state index is 12.7. The molecule has 0 saturated heterocycles. The number of hydrogen-bond acceptors (Lipinski definition) is 7. The molecule has 1 amide bonds. The summed E-state index contributed by atoms with van der Waals surface area (Å²) in [7, 11) is 0. The van der Waals surface area contributed by atoms with Crippen LogP contribution in [0.5, 0.6) is 5.75 Å². The molecule has 8 nitrogen and oxygen atoms in total. The van der Waals surface area contributed by atoms with Gasteiger partial charge in [0.15, 0.2) is 0 Å². The number of pyridine rings is 2. The van der Waals surface area contributed by atoms with Crippen molar-refractivity contribution >= 4 is 28.5 Å². The molecular formula is C24H28N4O4. The molecule has 0 fully saturated rings. The molecule has 168 valence electrons. The molecule has 0 aliphatic carbocycles. The van der Waals surface area contributed by atoms with Crippen LogP contribution in [0.4, 0.5) is 5.69 Å². The minimum absolute atomic E-state index is 0.107. The standard InChI is InChI=1S/C24H28N4O4/c1-5-31-22(29)19-15(2)28-17-7-6-8-18(20(17)21(19)25)32-14-24(3,4)23(30)27-13-16-9-11-26-12-10-16/h6-12H,5,13-14H2,1-4H3,(H2,25,28)(H,27,30). The number of nitrogens with one attached hydrogen (secondary N) is 1. The second-order valence-electron chi connectivity index (χ2n) is 8.07. The Kier molecular flexibility index (Phi) is 6.92. The average Bonchev–Trinajstić information content (AvgIpc) is 2.76. The lowest BCUT2D eigenvalue weighted by Crippen LogP contribution is -2.40. The van der Waals surface area contributed by atoms with Crippen LogP contribution in [0.2, 0.25) is 0 Å². The largest absolute Gasteiger partial charge is 0.492 e. The molecule has 0 unspecified atom stereocenters. The van der Waals surface area contributed by atoms with Gasteiger partial charge in [-0.15, -0.1) is 0 Å². The first-order valence-corrected chi connectivity index (χ1v) is 10.4. The van der Waals surface area contributed by atoms with E-state index in [0.717, 1.165) is 5.56 Å². The zero-order chi connectivity index (χ0) is 23.3. The van der Waals surface area contributed by atoms with Crippen LogP contribution in [0, 0.1) is 12.3 Å².